The van der Waals surface area contributed by atoms with Gasteiger partial charge in [0.25, 0.3) is 0 Å². The number of carbonyl (C=O) groups excluding carboxylic acids is 1. The summed E-state index contributed by atoms with van der Waals surface area (Å²) < 4.78 is 4.54. The van der Waals surface area contributed by atoms with E-state index in [4.69, 9.17) is 5.73 Å². The van der Waals surface area contributed by atoms with Crippen LogP contribution in [0.5, 0.6) is 0 Å². The van der Waals surface area contributed by atoms with Gasteiger partial charge in [0.05, 0.1) is 13.7 Å². The van der Waals surface area contributed by atoms with E-state index in [0.29, 0.717) is 18.6 Å². The summed E-state index contributed by atoms with van der Waals surface area (Å²) in [4.78, 5) is 10.8. The molecule has 4 nitrogen and oxygen atoms in total. The molecule has 0 amide bonds. The highest BCUT2D eigenvalue weighted by Crippen LogP contribution is 2.16. The summed E-state index contributed by atoms with van der Waals surface area (Å²) in [5, 5.41) is 3.16. The van der Waals surface area contributed by atoms with E-state index in [-0.39, 0.29) is 5.97 Å². The molecule has 76 valence electrons. The Morgan fingerprint density at radius 2 is 2.08 bits per heavy atom. The van der Waals surface area contributed by atoms with Gasteiger partial charge in [-0.15, -0.1) is 0 Å². The lowest BCUT2D eigenvalue weighted by molar-refractivity contribution is -0.139. The van der Waals surface area contributed by atoms with Crippen LogP contribution in [0.3, 0.4) is 0 Å². The topological polar surface area (TPSA) is 64.3 Å². The summed E-state index contributed by atoms with van der Waals surface area (Å²) >= 11 is 0. The van der Waals surface area contributed by atoms with Crippen LogP contribution < -0.4 is 11.1 Å². The molecule has 1 rings (SSSR count). The minimum absolute atomic E-state index is 0.199. The second kappa shape index (κ2) is 5.19. The Hall–Kier alpha value is -0.610. The minimum Gasteiger partial charge on any atom is -0.468 e. The number of carbonyl (C=O) groups is 1. The molecule has 0 aromatic heterocycles. The van der Waals surface area contributed by atoms with Crippen LogP contribution in [0.1, 0.15) is 25.7 Å². The average molecular weight is 186 g/mol. The summed E-state index contributed by atoms with van der Waals surface area (Å²) in [6.07, 6.45) is 4.24. The van der Waals surface area contributed by atoms with Crippen molar-refractivity contribution >= 4 is 5.97 Å². The number of nitrogens with one attached hydrogen (secondary N) is 1. The van der Waals surface area contributed by atoms with E-state index in [1.54, 1.807) is 0 Å². The van der Waals surface area contributed by atoms with Gasteiger partial charge in [-0.05, 0) is 25.7 Å². The summed E-state index contributed by atoms with van der Waals surface area (Å²) in [6.45, 7) is 0.316. The van der Waals surface area contributed by atoms with Gasteiger partial charge in [-0.25, -0.2) is 0 Å². The minimum atomic E-state index is -0.199. The van der Waals surface area contributed by atoms with E-state index in [9.17, 15) is 4.79 Å². The average Bonchev–Trinajstić information content (AvgIpc) is 2.16. The van der Waals surface area contributed by atoms with E-state index in [1.165, 1.54) is 7.11 Å². The molecule has 0 aliphatic heterocycles. The Morgan fingerprint density at radius 1 is 1.46 bits per heavy atom. The fourth-order valence-corrected chi connectivity index (χ4v) is 1.62. The van der Waals surface area contributed by atoms with Crippen molar-refractivity contribution in [2.45, 2.75) is 37.8 Å². The van der Waals surface area contributed by atoms with Gasteiger partial charge in [0.1, 0.15) is 0 Å². The number of methoxy groups -OCH3 is 1. The lowest BCUT2D eigenvalue weighted by Crippen LogP contribution is -2.39. The van der Waals surface area contributed by atoms with Crippen LogP contribution in [0.4, 0.5) is 0 Å². The molecule has 0 unspecified atom stereocenters. The van der Waals surface area contributed by atoms with Gasteiger partial charge in [0.2, 0.25) is 0 Å². The summed E-state index contributed by atoms with van der Waals surface area (Å²) in [6, 6.07) is 0.801. The van der Waals surface area contributed by atoms with Crippen molar-refractivity contribution in [2.24, 2.45) is 5.73 Å². The maximum Gasteiger partial charge on any atom is 0.319 e. The SMILES string of the molecule is COC(=O)CNC1CCC(N)CC1. The molecule has 0 spiro atoms. The fourth-order valence-electron chi connectivity index (χ4n) is 1.62. The molecule has 0 aromatic rings. The van der Waals surface area contributed by atoms with Crippen molar-refractivity contribution in [1.82, 2.24) is 5.32 Å². The largest absolute Gasteiger partial charge is 0.468 e. The molecular formula is C9H18N2O2. The molecule has 0 radical (unpaired) electrons. The molecule has 1 aliphatic carbocycles. The van der Waals surface area contributed by atoms with Crippen LogP contribution >= 0.6 is 0 Å². The molecule has 3 N–H and O–H groups in total. The Kier molecular flexibility index (Phi) is 4.18. The first-order valence-electron chi connectivity index (χ1n) is 4.78. The molecule has 0 bridgehead atoms. The molecule has 0 saturated heterocycles. The third-order valence-electron chi connectivity index (χ3n) is 2.53. The molecule has 1 saturated carbocycles. The Morgan fingerprint density at radius 3 is 2.62 bits per heavy atom. The monoisotopic (exact) mass is 186 g/mol. The summed E-state index contributed by atoms with van der Waals surface area (Å²) in [5.41, 5.74) is 5.76. The highest BCUT2D eigenvalue weighted by molar-refractivity contribution is 5.71. The fraction of sp³-hybridized carbons (Fsp3) is 0.889. The summed E-state index contributed by atoms with van der Waals surface area (Å²) in [7, 11) is 1.40. The van der Waals surface area contributed by atoms with Gasteiger partial charge in [-0.2, -0.15) is 0 Å². The maximum absolute atomic E-state index is 10.8. The third kappa shape index (κ3) is 3.74. The molecule has 0 heterocycles. The van der Waals surface area contributed by atoms with Gasteiger partial charge in [0.15, 0.2) is 0 Å². The van der Waals surface area contributed by atoms with Crippen LogP contribution in [0.2, 0.25) is 0 Å². The van der Waals surface area contributed by atoms with Gasteiger partial charge in [0, 0.05) is 12.1 Å². The highest BCUT2D eigenvalue weighted by Gasteiger charge is 2.18. The van der Waals surface area contributed by atoms with Crippen molar-refractivity contribution in [1.29, 1.82) is 0 Å². The number of ether oxygens (including phenoxy) is 1. The van der Waals surface area contributed by atoms with Gasteiger partial charge in [-0.3, -0.25) is 4.79 Å². The number of nitrogens with two attached hydrogens (primary N) is 1. The standard InChI is InChI=1S/C9H18N2O2/c1-13-9(12)6-11-8-4-2-7(10)3-5-8/h7-8,11H,2-6,10H2,1H3. The van der Waals surface area contributed by atoms with E-state index in [1.807, 2.05) is 0 Å². The molecule has 1 aliphatic rings. The van der Waals surface area contributed by atoms with Crippen LogP contribution in [-0.4, -0.2) is 31.7 Å². The van der Waals surface area contributed by atoms with Gasteiger partial charge >= 0.3 is 5.97 Å². The van der Waals surface area contributed by atoms with E-state index in [0.717, 1.165) is 25.7 Å². The summed E-state index contributed by atoms with van der Waals surface area (Å²) in [5.74, 6) is -0.199. The number of hydrogen-bond acceptors (Lipinski definition) is 4. The second-order valence-corrected chi connectivity index (χ2v) is 3.57. The number of rotatable bonds is 3. The number of esters is 1. The third-order valence-corrected chi connectivity index (χ3v) is 2.53. The van der Waals surface area contributed by atoms with E-state index >= 15 is 0 Å². The predicted molar refractivity (Wildman–Crippen MR) is 50.3 cm³/mol. The van der Waals surface area contributed by atoms with Crippen molar-refractivity contribution in [3.63, 3.8) is 0 Å². The zero-order valence-electron chi connectivity index (χ0n) is 8.08. The first-order chi connectivity index (χ1) is 6.22. The first kappa shape index (κ1) is 10.5. The van der Waals surface area contributed by atoms with Crippen molar-refractivity contribution in [3.05, 3.63) is 0 Å². The van der Waals surface area contributed by atoms with Crippen molar-refractivity contribution in [3.8, 4) is 0 Å². The van der Waals surface area contributed by atoms with E-state index < -0.39 is 0 Å². The Labute approximate surface area is 78.8 Å². The van der Waals surface area contributed by atoms with Gasteiger partial charge < -0.3 is 15.8 Å². The Balaban J connectivity index is 2.12. The quantitative estimate of drug-likeness (QED) is 0.610. The second-order valence-electron chi connectivity index (χ2n) is 3.57. The molecule has 4 heteroatoms. The zero-order valence-corrected chi connectivity index (χ0v) is 8.08. The lowest BCUT2D eigenvalue weighted by atomic mass is 9.92. The number of hydrogen-bond donors (Lipinski definition) is 2. The smallest absolute Gasteiger partial charge is 0.319 e. The zero-order chi connectivity index (χ0) is 9.68. The normalized spacial score (nSPS) is 28.5. The molecule has 0 aromatic carbocycles. The van der Waals surface area contributed by atoms with E-state index in [2.05, 4.69) is 10.1 Å². The van der Waals surface area contributed by atoms with Crippen LogP contribution in [0.25, 0.3) is 0 Å². The van der Waals surface area contributed by atoms with Gasteiger partial charge in [-0.1, -0.05) is 0 Å². The molecule has 0 atom stereocenters. The molecule has 13 heavy (non-hydrogen) atoms. The van der Waals surface area contributed by atoms with Crippen molar-refractivity contribution < 1.29 is 9.53 Å². The highest BCUT2D eigenvalue weighted by atomic mass is 16.5. The van der Waals surface area contributed by atoms with Crippen LogP contribution in [0, 0.1) is 0 Å². The van der Waals surface area contributed by atoms with Crippen LogP contribution in [0.15, 0.2) is 0 Å². The molecular weight excluding hydrogens is 168 g/mol. The lowest BCUT2D eigenvalue weighted by Gasteiger charge is -2.26. The maximum atomic E-state index is 10.8. The van der Waals surface area contributed by atoms with Crippen molar-refractivity contribution in [2.75, 3.05) is 13.7 Å². The Bertz CT molecular complexity index is 165. The van der Waals surface area contributed by atoms with Crippen LogP contribution in [-0.2, 0) is 9.53 Å². The first-order valence-corrected chi connectivity index (χ1v) is 4.78. The molecule has 1 fully saturated rings. The predicted octanol–water partition coefficient (Wildman–Crippen LogP) is 0.0189.